The molecule has 0 amide bonds. The van der Waals surface area contributed by atoms with Crippen LogP contribution in [0.2, 0.25) is 0 Å². The summed E-state index contributed by atoms with van der Waals surface area (Å²) in [6, 6.07) is 3.15. The van der Waals surface area contributed by atoms with Gasteiger partial charge in [-0.15, -0.1) is 0 Å². The molecule has 0 aliphatic rings. The van der Waals surface area contributed by atoms with Gasteiger partial charge in [-0.3, -0.25) is 4.79 Å². The number of ether oxygens (including phenoxy) is 2. The second kappa shape index (κ2) is 7.79. The van der Waals surface area contributed by atoms with Crippen LogP contribution in [0.5, 0.6) is 5.75 Å². The van der Waals surface area contributed by atoms with Gasteiger partial charge in [-0.25, -0.2) is 0 Å². The van der Waals surface area contributed by atoms with Crippen LogP contribution in [0.3, 0.4) is 0 Å². The van der Waals surface area contributed by atoms with Gasteiger partial charge in [0.15, 0.2) is 0 Å². The fourth-order valence-electron chi connectivity index (χ4n) is 1.54. The molecule has 19 heavy (non-hydrogen) atoms. The number of hydrogen-bond acceptors (Lipinski definition) is 3. The van der Waals surface area contributed by atoms with Crippen LogP contribution < -0.4 is 4.74 Å². The second-order valence-electron chi connectivity index (χ2n) is 3.54. The lowest BCUT2D eigenvalue weighted by atomic mass is 10.0. The Morgan fingerprint density at radius 3 is 2.63 bits per heavy atom. The maximum atomic E-state index is 12.4. The molecule has 0 aromatic heterocycles. The minimum Gasteiger partial charge on any atom is -0.466 e. The fraction of sp³-hybridized carbons (Fsp3) is 0.417. The summed E-state index contributed by atoms with van der Waals surface area (Å²) in [5.41, 5.74) is 1.09. The van der Waals surface area contributed by atoms with Crippen molar-refractivity contribution >= 4 is 37.8 Å². The van der Waals surface area contributed by atoms with Crippen molar-refractivity contribution in [3.05, 3.63) is 27.7 Å². The Balaban J connectivity index is 3.12. The van der Waals surface area contributed by atoms with E-state index in [0.29, 0.717) is 20.9 Å². The maximum Gasteiger partial charge on any atom is 0.387 e. The monoisotopic (exact) mass is 400 g/mol. The van der Waals surface area contributed by atoms with Crippen LogP contribution in [0.4, 0.5) is 8.78 Å². The predicted octanol–water partition coefficient (Wildman–Crippen LogP) is 4.05. The summed E-state index contributed by atoms with van der Waals surface area (Å²) in [5, 5.41) is 0.417. The topological polar surface area (TPSA) is 35.5 Å². The Hall–Kier alpha value is -0.690. The number of rotatable bonds is 6. The number of carbonyl (C=O) groups is 1. The quantitative estimate of drug-likeness (QED) is 0.532. The number of hydrogen-bond donors (Lipinski definition) is 0. The van der Waals surface area contributed by atoms with E-state index in [1.165, 1.54) is 6.07 Å². The first-order valence-corrected chi connectivity index (χ1v) is 7.37. The SMILES string of the molecule is CCOC(=O)Cc1c(CBr)cc(Br)cc1OC(F)F. The van der Waals surface area contributed by atoms with Gasteiger partial charge in [0.05, 0.1) is 13.0 Å². The van der Waals surface area contributed by atoms with Gasteiger partial charge >= 0.3 is 12.6 Å². The number of alkyl halides is 3. The zero-order valence-electron chi connectivity index (χ0n) is 10.1. The van der Waals surface area contributed by atoms with E-state index >= 15 is 0 Å². The molecular weight excluding hydrogens is 390 g/mol. The maximum absolute atomic E-state index is 12.4. The highest BCUT2D eigenvalue weighted by Gasteiger charge is 2.18. The van der Waals surface area contributed by atoms with Crippen molar-refractivity contribution in [3.8, 4) is 5.75 Å². The summed E-state index contributed by atoms with van der Waals surface area (Å²) < 4.78 is 34.7. The third kappa shape index (κ3) is 5.06. The van der Waals surface area contributed by atoms with E-state index in [-0.39, 0.29) is 18.8 Å². The van der Waals surface area contributed by atoms with Gasteiger partial charge in [0.1, 0.15) is 5.75 Å². The Kier molecular flexibility index (Phi) is 6.71. The van der Waals surface area contributed by atoms with Crippen molar-refractivity contribution in [2.75, 3.05) is 6.61 Å². The molecule has 0 aliphatic heterocycles. The van der Waals surface area contributed by atoms with Crippen molar-refractivity contribution in [3.63, 3.8) is 0 Å². The lowest BCUT2D eigenvalue weighted by Gasteiger charge is -2.14. The summed E-state index contributed by atoms with van der Waals surface area (Å²) in [7, 11) is 0. The molecule has 0 unspecified atom stereocenters. The van der Waals surface area contributed by atoms with Crippen molar-refractivity contribution in [2.24, 2.45) is 0 Å². The summed E-state index contributed by atoms with van der Waals surface area (Å²) >= 11 is 6.47. The van der Waals surface area contributed by atoms with Crippen LogP contribution in [0.1, 0.15) is 18.1 Å². The molecule has 0 atom stereocenters. The first kappa shape index (κ1) is 16.4. The van der Waals surface area contributed by atoms with Crippen LogP contribution in [0.25, 0.3) is 0 Å². The molecular formula is C12H12Br2F2O3. The molecule has 106 valence electrons. The molecule has 0 radical (unpaired) electrons. The molecule has 0 spiro atoms. The van der Waals surface area contributed by atoms with Gasteiger partial charge in [-0.2, -0.15) is 8.78 Å². The van der Waals surface area contributed by atoms with Crippen molar-refractivity contribution in [1.82, 2.24) is 0 Å². The van der Waals surface area contributed by atoms with E-state index in [2.05, 4.69) is 36.6 Å². The van der Waals surface area contributed by atoms with Gasteiger partial charge in [0, 0.05) is 15.4 Å². The van der Waals surface area contributed by atoms with Crippen molar-refractivity contribution in [1.29, 1.82) is 0 Å². The first-order valence-electron chi connectivity index (χ1n) is 5.45. The third-order valence-electron chi connectivity index (χ3n) is 2.25. The van der Waals surface area contributed by atoms with Gasteiger partial charge in [0.25, 0.3) is 0 Å². The van der Waals surface area contributed by atoms with Crippen LogP contribution >= 0.6 is 31.9 Å². The molecule has 0 heterocycles. The largest absolute Gasteiger partial charge is 0.466 e. The molecule has 1 rings (SSSR count). The Morgan fingerprint density at radius 2 is 2.11 bits per heavy atom. The summed E-state index contributed by atoms with van der Waals surface area (Å²) in [4.78, 5) is 11.5. The smallest absolute Gasteiger partial charge is 0.387 e. The van der Waals surface area contributed by atoms with E-state index < -0.39 is 12.6 Å². The third-order valence-corrected chi connectivity index (χ3v) is 3.31. The highest BCUT2D eigenvalue weighted by molar-refractivity contribution is 9.10. The lowest BCUT2D eigenvalue weighted by molar-refractivity contribution is -0.142. The number of carbonyl (C=O) groups excluding carboxylic acids is 1. The van der Waals surface area contributed by atoms with E-state index in [4.69, 9.17) is 4.74 Å². The Labute approximate surface area is 126 Å². The van der Waals surface area contributed by atoms with E-state index in [9.17, 15) is 13.6 Å². The fourth-order valence-corrected chi connectivity index (χ4v) is 2.53. The molecule has 1 aromatic rings. The summed E-state index contributed by atoms with van der Waals surface area (Å²) in [6.45, 7) is -1.02. The molecule has 0 bridgehead atoms. The lowest BCUT2D eigenvalue weighted by Crippen LogP contribution is -2.12. The standard InChI is InChI=1S/C12H12Br2F2O3/c1-2-18-11(17)5-9-7(6-13)3-8(14)4-10(9)19-12(15)16/h3-4,12H,2,5-6H2,1H3. The molecule has 0 saturated heterocycles. The minimum absolute atomic E-state index is 0.0214. The van der Waals surface area contributed by atoms with Crippen LogP contribution in [-0.4, -0.2) is 19.2 Å². The van der Waals surface area contributed by atoms with E-state index in [1.807, 2.05) is 0 Å². The molecule has 0 saturated carbocycles. The molecule has 7 heteroatoms. The Bertz CT molecular complexity index is 453. The Morgan fingerprint density at radius 1 is 1.42 bits per heavy atom. The van der Waals surface area contributed by atoms with Crippen molar-refractivity contribution in [2.45, 2.75) is 25.3 Å². The minimum atomic E-state index is -2.95. The molecule has 3 nitrogen and oxygen atoms in total. The van der Waals surface area contributed by atoms with E-state index in [1.54, 1.807) is 13.0 Å². The molecule has 0 fully saturated rings. The van der Waals surface area contributed by atoms with E-state index in [0.717, 1.165) is 0 Å². The number of halogens is 4. The van der Waals surface area contributed by atoms with Crippen molar-refractivity contribution < 1.29 is 23.0 Å². The highest BCUT2D eigenvalue weighted by atomic mass is 79.9. The van der Waals surface area contributed by atoms with Crippen LogP contribution in [0.15, 0.2) is 16.6 Å². The average molecular weight is 402 g/mol. The zero-order chi connectivity index (χ0) is 14.4. The zero-order valence-corrected chi connectivity index (χ0v) is 13.3. The van der Waals surface area contributed by atoms with Crippen LogP contribution in [-0.2, 0) is 21.3 Å². The van der Waals surface area contributed by atoms with Gasteiger partial charge in [-0.05, 0) is 24.6 Å². The van der Waals surface area contributed by atoms with Gasteiger partial charge in [0.2, 0.25) is 0 Å². The average Bonchev–Trinajstić information content (AvgIpc) is 2.31. The second-order valence-corrected chi connectivity index (χ2v) is 5.01. The van der Waals surface area contributed by atoms with Crippen LogP contribution in [0, 0.1) is 0 Å². The van der Waals surface area contributed by atoms with Gasteiger partial charge < -0.3 is 9.47 Å². The normalized spacial score (nSPS) is 10.6. The van der Waals surface area contributed by atoms with Gasteiger partial charge in [-0.1, -0.05) is 31.9 Å². The molecule has 0 N–H and O–H groups in total. The predicted molar refractivity (Wildman–Crippen MR) is 73.7 cm³/mol. The first-order chi connectivity index (χ1) is 8.97. The summed E-state index contributed by atoms with van der Waals surface area (Å²) in [6.07, 6.45) is -0.107. The molecule has 1 aromatic carbocycles. The number of esters is 1. The number of benzene rings is 1. The summed E-state index contributed by atoms with van der Waals surface area (Å²) in [5.74, 6) is -0.502. The molecule has 0 aliphatic carbocycles. The highest BCUT2D eigenvalue weighted by Crippen LogP contribution is 2.31.